The summed E-state index contributed by atoms with van der Waals surface area (Å²) in [5, 5.41) is 5.49. The summed E-state index contributed by atoms with van der Waals surface area (Å²) in [4.78, 5) is 28.2. The first-order valence-corrected chi connectivity index (χ1v) is 7.86. The largest absolute Gasteiger partial charge is 0.334 e. The standard InChI is InChI=1S/C20H17N3O2/c24-19(16-6-2-1-3-7-16)17-8-10-18(11-9-17)23-20(25)22-14-15-5-4-12-21-13-15/h1-13H,14H2,(H2,22,23,25). The fraction of sp³-hybridized carbons (Fsp3) is 0.0500. The molecule has 3 rings (SSSR count). The highest BCUT2D eigenvalue weighted by Crippen LogP contribution is 2.13. The third-order valence-corrected chi connectivity index (χ3v) is 3.62. The smallest absolute Gasteiger partial charge is 0.319 e. The van der Waals surface area contributed by atoms with Gasteiger partial charge >= 0.3 is 6.03 Å². The van der Waals surface area contributed by atoms with Crippen molar-refractivity contribution < 1.29 is 9.59 Å². The molecule has 0 aliphatic carbocycles. The second-order valence-electron chi connectivity index (χ2n) is 5.44. The highest BCUT2D eigenvalue weighted by atomic mass is 16.2. The van der Waals surface area contributed by atoms with Gasteiger partial charge in [0.1, 0.15) is 0 Å². The van der Waals surface area contributed by atoms with E-state index in [1.807, 2.05) is 30.3 Å². The molecule has 0 spiro atoms. The lowest BCUT2D eigenvalue weighted by molar-refractivity contribution is 0.103. The number of urea groups is 1. The number of nitrogens with one attached hydrogen (secondary N) is 2. The van der Waals surface area contributed by atoms with Gasteiger partial charge in [-0.15, -0.1) is 0 Å². The molecule has 0 atom stereocenters. The van der Waals surface area contributed by atoms with Gasteiger partial charge in [0, 0.05) is 35.8 Å². The minimum absolute atomic E-state index is 0.0480. The van der Waals surface area contributed by atoms with Crippen LogP contribution in [0.5, 0.6) is 0 Å². The third-order valence-electron chi connectivity index (χ3n) is 3.62. The van der Waals surface area contributed by atoms with Crippen LogP contribution in [0.15, 0.2) is 79.1 Å². The summed E-state index contributed by atoms with van der Waals surface area (Å²) in [6, 6.07) is 19.3. The Bertz CT molecular complexity index is 847. The lowest BCUT2D eigenvalue weighted by atomic mass is 10.0. The number of rotatable bonds is 5. The molecule has 0 aliphatic heterocycles. The molecule has 3 aromatic rings. The molecular weight excluding hydrogens is 314 g/mol. The fourth-order valence-corrected chi connectivity index (χ4v) is 2.32. The summed E-state index contributed by atoms with van der Waals surface area (Å²) in [5.41, 5.74) is 2.75. The molecule has 0 fully saturated rings. The molecule has 0 saturated carbocycles. The quantitative estimate of drug-likeness (QED) is 0.701. The van der Waals surface area contributed by atoms with E-state index in [9.17, 15) is 9.59 Å². The Balaban J connectivity index is 1.57. The van der Waals surface area contributed by atoms with Gasteiger partial charge in [0.2, 0.25) is 0 Å². The van der Waals surface area contributed by atoms with Crippen LogP contribution in [0.25, 0.3) is 0 Å². The van der Waals surface area contributed by atoms with E-state index in [-0.39, 0.29) is 11.8 Å². The van der Waals surface area contributed by atoms with Crippen LogP contribution in [0.3, 0.4) is 0 Å². The number of anilines is 1. The van der Waals surface area contributed by atoms with Crippen LogP contribution >= 0.6 is 0 Å². The van der Waals surface area contributed by atoms with Gasteiger partial charge in [-0.25, -0.2) is 4.79 Å². The lowest BCUT2D eigenvalue weighted by Gasteiger charge is -2.08. The number of ketones is 1. The molecule has 2 aromatic carbocycles. The van der Waals surface area contributed by atoms with Gasteiger partial charge in [-0.05, 0) is 35.9 Å². The molecule has 124 valence electrons. The summed E-state index contributed by atoms with van der Waals surface area (Å²) in [6.07, 6.45) is 3.38. The van der Waals surface area contributed by atoms with Crippen LogP contribution in [0, 0.1) is 0 Å². The summed E-state index contributed by atoms with van der Waals surface area (Å²) in [6.45, 7) is 0.393. The van der Waals surface area contributed by atoms with Crippen molar-refractivity contribution in [2.75, 3.05) is 5.32 Å². The predicted molar refractivity (Wildman–Crippen MR) is 96.4 cm³/mol. The molecule has 0 bridgehead atoms. The SMILES string of the molecule is O=C(NCc1cccnc1)Nc1ccc(C(=O)c2ccccc2)cc1. The predicted octanol–water partition coefficient (Wildman–Crippen LogP) is 3.63. The molecule has 5 heteroatoms. The molecule has 2 amide bonds. The number of carbonyl (C=O) groups is 2. The summed E-state index contributed by atoms with van der Waals surface area (Å²) in [5.74, 6) is -0.0480. The van der Waals surface area contributed by atoms with Crippen LogP contribution in [-0.4, -0.2) is 16.8 Å². The maximum absolute atomic E-state index is 12.3. The Kier molecular flexibility index (Phi) is 5.16. The number of carbonyl (C=O) groups excluding carboxylic acids is 2. The van der Waals surface area contributed by atoms with E-state index in [2.05, 4.69) is 15.6 Å². The van der Waals surface area contributed by atoms with Crippen molar-refractivity contribution in [2.24, 2.45) is 0 Å². The van der Waals surface area contributed by atoms with Gasteiger partial charge in [0.25, 0.3) is 0 Å². The van der Waals surface area contributed by atoms with E-state index in [1.165, 1.54) is 0 Å². The Hall–Kier alpha value is -3.47. The number of benzene rings is 2. The van der Waals surface area contributed by atoms with Gasteiger partial charge in [0.15, 0.2) is 5.78 Å². The van der Waals surface area contributed by atoms with Gasteiger partial charge in [-0.3, -0.25) is 9.78 Å². The van der Waals surface area contributed by atoms with Gasteiger partial charge in [0.05, 0.1) is 0 Å². The van der Waals surface area contributed by atoms with E-state index < -0.39 is 0 Å². The number of aromatic nitrogens is 1. The van der Waals surface area contributed by atoms with Gasteiger partial charge < -0.3 is 10.6 Å². The molecule has 1 aromatic heterocycles. The average Bonchev–Trinajstić information content (AvgIpc) is 2.68. The number of amides is 2. The second kappa shape index (κ2) is 7.88. The Morgan fingerprint density at radius 3 is 2.24 bits per heavy atom. The number of nitrogens with zero attached hydrogens (tertiary/aromatic N) is 1. The van der Waals surface area contributed by atoms with Crippen molar-refractivity contribution in [1.82, 2.24) is 10.3 Å². The Labute approximate surface area is 145 Å². The average molecular weight is 331 g/mol. The topological polar surface area (TPSA) is 71.1 Å². The highest BCUT2D eigenvalue weighted by molar-refractivity contribution is 6.09. The molecule has 5 nitrogen and oxygen atoms in total. The molecule has 25 heavy (non-hydrogen) atoms. The van der Waals surface area contributed by atoms with Crippen molar-refractivity contribution in [3.63, 3.8) is 0 Å². The van der Waals surface area contributed by atoms with Crippen molar-refractivity contribution in [3.8, 4) is 0 Å². The van der Waals surface area contributed by atoms with Crippen LogP contribution in [-0.2, 0) is 6.54 Å². The first-order valence-electron chi connectivity index (χ1n) is 7.86. The molecule has 1 heterocycles. The maximum Gasteiger partial charge on any atom is 0.319 e. The monoisotopic (exact) mass is 331 g/mol. The van der Waals surface area contributed by atoms with Crippen molar-refractivity contribution in [1.29, 1.82) is 0 Å². The second-order valence-corrected chi connectivity index (χ2v) is 5.44. The number of pyridine rings is 1. The van der Waals surface area contributed by atoms with Crippen LogP contribution in [0.2, 0.25) is 0 Å². The zero-order valence-electron chi connectivity index (χ0n) is 13.5. The zero-order chi connectivity index (χ0) is 17.5. The van der Waals surface area contributed by atoms with Crippen LogP contribution in [0.1, 0.15) is 21.5 Å². The Morgan fingerprint density at radius 2 is 1.56 bits per heavy atom. The molecule has 0 unspecified atom stereocenters. The number of hydrogen-bond acceptors (Lipinski definition) is 3. The number of hydrogen-bond donors (Lipinski definition) is 2. The maximum atomic E-state index is 12.3. The molecule has 0 radical (unpaired) electrons. The first-order chi connectivity index (χ1) is 12.2. The van der Waals surface area contributed by atoms with Crippen molar-refractivity contribution in [3.05, 3.63) is 95.8 Å². The van der Waals surface area contributed by atoms with E-state index in [0.717, 1.165) is 5.56 Å². The minimum atomic E-state index is -0.314. The zero-order valence-corrected chi connectivity index (χ0v) is 13.5. The molecule has 2 N–H and O–H groups in total. The molecule has 0 saturated heterocycles. The third kappa shape index (κ3) is 4.51. The Morgan fingerprint density at radius 1 is 0.840 bits per heavy atom. The highest BCUT2D eigenvalue weighted by Gasteiger charge is 2.08. The molecule has 0 aliphatic rings. The fourth-order valence-electron chi connectivity index (χ4n) is 2.32. The van der Waals surface area contributed by atoms with Crippen molar-refractivity contribution >= 4 is 17.5 Å². The summed E-state index contributed by atoms with van der Waals surface area (Å²) in [7, 11) is 0. The summed E-state index contributed by atoms with van der Waals surface area (Å²) >= 11 is 0. The minimum Gasteiger partial charge on any atom is -0.334 e. The van der Waals surface area contributed by atoms with E-state index >= 15 is 0 Å². The van der Waals surface area contributed by atoms with Crippen LogP contribution in [0.4, 0.5) is 10.5 Å². The van der Waals surface area contributed by atoms with E-state index in [1.54, 1.807) is 48.8 Å². The van der Waals surface area contributed by atoms with E-state index in [4.69, 9.17) is 0 Å². The van der Waals surface area contributed by atoms with Gasteiger partial charge in [-0.2, -0.15) is 0 Å². The van der Waals surface area contributed by atoms with Crippen molar-refractivity contribution in [2.45, 2.75) is 6.54 Å². The normalized spacial score (nSPS) is 10.1. The van der Waals surface area contributed by atoms with Crippen LogP contribution < -0.4 is 10.6 Å². The molecular formula is C20H17N3O2. The first kappa shape index (κ1) is 16.4. The van der Waals surface area contributed by atoms with E-state index in [0.29, 0.717) is 23.4 Å². The lowest BCUT2D eigenvalue weighted by Crippen LogP contribution is -2.28. The van der Waals surface area contributed by atoms with Gasteiger partial charge in [-0.1, -0.05) is 36.4 Å². The summed E-state index contributed by atoms with van der Waals surface area (Å²) < 4.78 is 0.